The van der Waals surface area contributed by atoms with Gasteiger partial charge in [-0.3, -0.25) is 0 Å². The number of benzene rings is 1. The van der Waals surface area contributed by atoms with Crippen molar-refractivity contribution in [2.45, 2.75) is 12.3 Å². The molecule has 0 bridgehead atoms. The first-order valence-corrected chi connectivity index (χ1v) is 5.33. The maximum Gasteiger partial charge on any atom is 0.419 e. The van der Waals surface area contributed by atoms with Gasteiger partial charge in [0.2, 0.25) is 0 Å². The van der Waals surface area contributed by atoms with E-state index in [0.29, 0.717) is 6.07 Å². The molecule has 7 heteroatoms. The lowest BCUT2D eigenvalue weighted by atomic mass is 10.0. The van der Waals surface area contributed by atoms with Gasteiger partial charge in [0.05, 0.1) is 5.56 Å². The number of halogens is 4. The summed E-state index contributed by atoms with van der Waals surface area (Å²) in [4.78, 5) is 3.79. The lowest BCUT2D eigenvalue weighted by Gasteiger charge is -2.15. The summed E-state index contributed by atoms with van der Waals surface area (Å²) in [5.41, 5.74) is -1.86. The van der Waals surface area contributed by atoms with Crippen LogP contribution in [-0.2, 0) is 13.2 Å². The number of hydrogen-bond donors (Lipinski definition) is 1. The molecule has 1 atom stereocenters. The van der Waals surface area contributed by atoms with Crippen LogP contribution in [-0.4, -0.2) is 14.7 Å². The molecular weight excluding hydrogens is 264 g/mol. The van der Waals surface area contributed by atoms with Gasteiger partial charge in [0.1, 0.15) is 17.7 Å². The molecule has 3 nitrogen and oxygen atoms in total. The van der Waals surface area contributed by atoms with Crippen molar-refractivity contribution in [3.05, 3.63) is 53.4 Å². The molecule has 2 aromatic rings. The van der Waals surface area contributed by atoms with Gasteiger partial charge in [-0.25, -0.2) is 9.37 Å². The molecule has 0 radical (unpaired) electrons. The fraction of sp³-hybridized carbons (Fsp3) is 0.250. The Labute approximate surface area is 106 Å². The molecule has 0 aliphatic heterocycles. The molecular formula is C12H10F4N2O. The SMILES string of the molecule is Cn1ccnc1C(O)c1cccc(C(F)(F)F)c1F. The number of aliphatic hydroxyl groups excluding tert-OH is 1. The Morgan fingerprint density at radius 2 is 2.00 bits per heavy atom. The summed E-state index contributed by atoms with van der Waals surface area (Å²) in [6.07, 6.45) is -3.49. The number of aryl methyl sites for hydroxylation is 1. The third-order valence-electron chi connectivity index (χ3n) is 2.73. The van der Waals surface area contributed by atoms with Gasteiger partial charge in [-0.05, 0) is 6.07 Å². The van der Waals surface area contributed by atoms with Crippen molar-refractivity contribution in [3.8, 4) is 0 Å². The average Bonchev–Trinajstić information content (AvgIpc) is 2.73. The molecule has 1 heterocycles. The zero-order valence-corrected chi connectivity index (χ0v) is 9.82. The van der Waals surface area contributed by atoms with Gasteiger partial charge in [0.15, 0.2) is 0 Å². The minimum Gasteiger partial charge on any atom is -0.380 e. The van der Waals surface area contributed by atoms with E-state index in [2.05, 4.69) is 4.98 Å². The molecule has 1 aromatic heterocycles. The molecule has 0 aliphatic rings. The highest BCUT2D eigenvalue weighted by molar-refractivity contribution is 5.32. The van der Waals surface area contributed by atoms with Crippen LogP contribution in [0, 0.1) is 5.82 Å². The Morgan fingerprint density at radius 1 is 1.32 bits per heavy atom. The van der Waals surface area contributed by atoms with E-state index in [1.165, 1.54) is 17.0 Å². The van der Waals surface area contributed by atoms with Gasteiger partial charge in [-0.15, -0.1) is 0 Å². The first-order valence-electron chi connectivity index (χ1n) is 5.33. The number of imidazole rings is 1. The van der Waals surface area contributed by atoms with E-state index >= 15 is 0 Å². The van der Waals surface area contributed by atoms with Crippen LogP contribution in [0.1, 0.15) is 23.1 Å². The second-order valence-electron chi connectivity index (χ2n) is 4.01. The fourth-order valence-electron chi connectivity index (χ4n) is 1.76. The van der Waals surface area contributed by atoms with Crippen LogP contribution in [0.25, 0.3) is 0 Å². The van der Waals surface area contributed by atoms with Gasteiger partial charge in [0.25, 0.3) is 0 Å². The number of hydrogen-bond acceptors (Lipinski definition) is 2. The number of rotatable bonds is 2. The molecule has 0 aliphatic carbocycles. The zero-order valence-electron chi connectivity index (χ0n) is 9.82. The van der Waals surface area contributed by atoms with E-state index in [9.17, 15) is 22.7 Å². The van der Waals surface area contributed by atoms with Crippen LogP contribution < -0.4 is 0 Å². The normalized spacial score (nSPS) is 13.6. The van der Waals surface area contributed by atoms with E-state index in [1.54, 1.807) is 7.05 Å². The first kappa shape index (κ1) is 13.5. The summed E-state index contributed by atoms with van der Waals surface area (Å²) in [6.45, 7) is 0. The molecule has 2 rings (SSSR count). The van der Waals surface area contributed by atoms with Gasteiger partial charge in [-0.1, -0.05) is 12.1 Å². The maximum atomic E-state index is 13.8. The quantitative estimate of drug-likeness (QED) is 0.855. The molecule has 1 N–H and O–H groups in total. The first-order chi connectivity index (χ1) is 8.82. The number of nitrogens with zero attached hydrogens (tertiary/aromatic N) is 2. The molecule has 1 unspecified atom stereocenters. The Bertz CT molecular complexity index is 592. The van der Waals surface area contributed by atoms with E-state index in [0.717, 1.165) is 12.1 Å². The second-order valence-corrected chi connectivity index (χ2v) is 4.01. The van der Waals surface area contributed by atoms with Crippen molar-refractivity contribution < 1.29 is 22.7 Å². The highest BCUT2D eigenvalue weighted by atomic mass is 19.4. The molecule has 102 valence electrons. The fourth-order valence-corrected chi connectivity index (χ4v) is 1.76. The van der Waals surface area contributed by atoms with E-state index in [1.807, 2.05) is 0 Å². The van der Waals surface area contributed by atoms with Crippen molar-refractivity contribution >= 4 is 0 Å². The van der Waals surface area contributed by atoms with Crippen molar-refractivity contribution in [2.24, 2.45) is 7.05 Å². The van der Waals surface area contributed by atoms with Gasteiger partial charge in [0, 0.05) is 25.0 Å². The van der Waals surface area contributed by atoms with Gasteiger partial charge >= 0.3 is 6.18 Å². The number of alkyl halides is 3. The Kier molecular flexibility index (Phi) is 3.32. The second kappa shape index (κ2) is 4.65. The molecule has 19 heavy (non-hydrogen) atoms. The van der Waals surface area contributed by atoms with Crippen molar-refractivity contribution in [1.82, 2.24) is 9.55 Å². The number of aromatic nitrogens is 2. The summed E-state index contributed by atoms with van der Waals surface area (Å²) in [6, 6.07) is 2.78. The summed E-state index contributed by atoms with van der Waals surface area (Å²) in [5, 5.41) is 9.94. The van der Waals surface area contributed by atoms with Crippen LogP contribution in [0.5, 0.6) is 0 Å². The zero-order chi connectivity index (χ0) is 14.2. The van der Waals surface area contributed by atoms with Crippen LogP contribution in [0.4, 0.5) is 17.6 Å². The molecule has 0 amide bonds. The summed E-state index contributed by atoms with van der Waals surface area (Å²) < 4.78 is 52.9. The van der Waals surface area contributed by atoms with E-state index in [-0.39, 0.29) is 5.82 Å². The highest BCUT2D eigenvalue weighted by Crippen LogP contribution is 2.34. The smallest absolute Gasteiger partial charge is 0.380 e. The van der Waals surface area contributed by atoms with Crippen molar-refractivity contribution in [1.29, 1.82) is 0 Å². The maximum absolute atomic E-state index is 13.8. The Balaban J connectivity index is 2.50. The van der Waals surface area contributed by atoms with Crippen LogP contribution in [0.2, 0.25) is 0 Å². The topological polar surface area (TPSA) is 38.0 Å². The molecule has 0 spiro atoms. The minimum absolute atomic E-state index is 0.0678. The van der Waals surface area contributed by atoms with Crippen LogP contribution in [0.3, 0.4) is 0 Å². The minimum atomic E-state index is -4.80. The Morgan fingerprint density at radius 3 is 2.53 bits per heavy atom. The van der Waals surface area contributed by atoms with E-state index < -0.39 is 29.2 Å². The third-order valence-corrected chi connectivity index (χ3v) is 2.73. The molecule has 0 saturated carbocycles. The largest absolute Gasteiger partial charge is 0.419 e. The summed E-state index contributed by atoms with van der Waals surface area (Å²) in [5.74, 6) is -1.41. The summed E-state index contributed by atoms with van der Waals surface area (Å²) >= 11 is 0. The van der Waals surface area contributed by atoms with Crippen molar-refractivity contribution in [3.63, 3.8) is 0 Å². The molecule has 0 fully saturated rings. The highest BCUT2D eigenvalue weighted by Gasteiger charge is 2.36. The van der Waals surface area contributed by atoms with E-state index in [4.69, 9.17) is 0 Å². The third kappa shape index (κ3) is 2.46. The average molecular weight is 274 g/mol. The van der Waals surface area contributed by atoms with Crippen LogP contribution in [0.15, 0.2) is 30.6 Å². The lowest BCUT2D eigenvalue weighted by molar-refractivity contribution is -0.140. The molecule has 1 aromatic carbocycles. The standard InChI is InChI=1S/C12H10F4N2O/c1-18-6-5-17-11(18)10(19)7-3-2-4-8(9(7)13)12(14,15)16/h2-6,10,19H,1H3. The number of aliphatic hydroxyl groups is 1. The van der Waals surface area contributed by atoms with Gasteiger partial charge in [-0.2, -0.15) is 13.2 Å². The monoisotopic (exact) mass is 274 g/mol. The van der Waals surface area contributed by atoms with Gasteiger partial charge < -0.3 is 9.67 Å². The van der Waals surface area contributed by atoms with Crippen molar-refractivity contribution in [2.75, 3.05) is 0 Å². The Hall–Kier alpha value is -1.89. The summed E-state index contributed by atoms with van der Waals surface area (Å²) in [7, 11) is 1.55. The van der Waals surface area contributed by atoms with Crippen LogP contribution >= 0.6 is 0 Å². The lowest BCUT2D eigenvalue weighted by Crippen LogP contribution is -2.14. The predicted molar refractivity (Wildman–Crippen MR) is 58.7 cm³/mol. The predicted octanol–water partition coefficient (Wildman–Crippen LogP) is 2.66. The molecule has 0 saturated heterocycles.